The van der Waals surface area contributed by atoms with E-state index in [-0.39, 0.29) is 29.7 Å². The van der Waals surface area contributed by atoms with Gasteiger partial charge in [0.1, 0.15) is 0 Å². The molecule has 0 radical (unpaired) electrons. The number of benzene rings is 3. The van der Waals surface area contributed by atoms with Crippen LogP contribution in [0.5, 0.6) is 0 Å². The molecule has 9 heteroatoms. The molecule has 3 rings (SSSR count). The quantitative estimate of drug-likeness (QED) is 0.460. The number of anilines is 1. The molecule has 0 unspecified atom stereocenters. The van der Waals surface area contributed by atoms with E-state index in [4.69, 9.17) is 11.6 Å². The first kappa shape index (κ1) is 25.4. The maximum atomic E-state index is 12.9. The summed E-state index contributed by atoms with van der Waals surface area (Å²) < 4.78 is 25.6. The number of hydrogen-bond acceptors (Lipinski definition) is 4. The van der Waals surface area contributed by atoms with E-state index in [9.17, 15) is 18.0 Å². The maximum Gasteiger partial charge on any atom is 0.253 e. The van der Waals surface area contributed by atoms with Crippen LogP contribution >= 0.6 is 11.6 Å². The topological polar surface area (TPSA) is 95.6 Å². The highest BCUT2D eigenvalue weighted by Crippen LogP contribution is 2.20. The number of nitrogens with zero attached hydrogens (tertiary/aromatic N) is 1. The summed E-state index contributed by atoms with van der Waals surface area (Å²) in [5.41, 5.74) is 2.09. The summed E-state index contributed by atoms with van der Waals surface area (Å²) in [5, 5.41) is 6.00. The van der Waals surface area contributed by atoms with Gasteiger partial charge in [-0.15, -0.1) is 0 Å². The van der Waals surface area contributed by atoms with Crippen molar-refractivity contribution in [2.75, 3.05) is 18.1 Å². The standard InChI is InChI=1S/C25H26ClN3O4S/c1-18(19-10-4-3-5-11-19)27-25(31)21-13-7-9-15-23(21)28-24(30)17-29(34(2,32)33)16-20-12-6-8-14-22(20)26/h3-15,18H,16-17H2,1-2H3,(H,27,31)(H,28,30)/t18-/m0/s1. The lowest BCUT2D eigenvalue weighted by atomic mass is 10.1. The van der Waals surface area contributed by atoms with Gasteiger partial charge in [-0.1, -0.05) is 72.3 Å². The number of nitrogens with one attached hydrogen (secondary N) is 2. The van der Waals surface area contributed by atoms with E-state index in [2.05, 4.69) is 10.6 Å². The van der Waals surface area contributed by atoms with Crippen LogP contribution in [0.1, 0.15) is 34.5 Å². The van der Waals surface area contributed by atoms with Gasteiger partial charge < -0.3 is 10.6 Å². The molecule has 2 amide bonds. The van der Waals surface area contributed by atoms with E-state index in [1.807, 2.05) is 37.3 Å². The molecule has 178 valence electrons. The van der Waals surface area contributed by atoms with Gasteiger partial charge in [-0.2, -0.15) is 4.31 Å². The van der Waals surface area contributed by atoms with Crippen LogP contribution in [0.4, 0.5) is 5.69 Å². The molecule has 0 fully saturated rings. The molecule has 0 aliphatic heterocycles. The number of halogens is 1. The van der Waals surface area contributed by atoms with Crippen LogP contribution in [-0.4, -0.2) is 37.3 Å². The molecule has 0 aromatic heterocycles. The molecule has 0 aliphatic carbocycles. The zero-order valence-corrected chi connectivity index (χ0v) is 20.4. The number of carbonyl (C=O) groups is 2. The van der Waals surface area contributed by atoms with E-state index < -0.39 is 22.5 Å². The average Bonchev–Trinajstić information content (AvgIpc) is 2.80. The monoisotopic (exact) mass is 499 g/mol. The highest BCUT2D eigenvalue weighted by atomic mass is 35.5. The number of carbonyl (C=O) groups excluding carboxylic acids is 2. The summed E-state index contributed by atoms with van der Waals surface area (Å²) in [6.45, 7) is 1.39. The second kappa shape index (κ2) is 11.3. The lowest BCUT2D eigenvalue weighted by Gasteiger charge is -2.21. The van der Waals surface area contributed by atoms with Gasteiger partial charge in [0.05, 0.1) is 30.1 Å². The van der Waals surface area contributed by atoms with Crippen LogP contribution < -0.4 is 10.6 Å². The van der Waals surface area contributed by atoms with Crippen molar-refractivity contribution in [3.8, 4) is 0 Å². The molecule has 1 atom stereocenters. The zero-order chi connectivity index (χ0) is 24.7. The Morgan fingerprint density at radius 3 is 2.24 bits per heavy atom. The van der Waals surface area contributed by atoms with Crippen molar-refractivity contribution in [3.05, 3.63) is 101 Å². The second-order valence-corrected chi connectivity index (χ2v) is 10.2. The van der Waals surface area contributed by atoms with Gasteiger partial charge in [-0.05, 0) is 36.2 Å². The van der Waals surface area contributed by atoms with Gasteiger partial charge in [0.15, 0.2) is 0 Å². The molecule has 0 heterocycles. The molecule has 0 saturated carbocycles. The third-order valence-corrected chi connectivity index (χ3v) is 6.75. The molecule has 0 spiro atoms. The largest absolute Gasteiger partial charge is 0.345 e. The van der Waals surface area contributed by atoms with Crippen LogP contribution in [-0.2, 0) is 21.4 Å². The summed E-state index contributed by atoms with van der Waals surface area (Å²) in [6.07, 6.45) is 1.03. The van der Waals surface area contributed by atoms with Crippen molar-refractivity contribution in [2.45, 2.75) is 19.5 Å². The van der Waals surface area contributed by atoms with Crippen LogP contribution in [0, 0.1) is 0 Å². The molecular formula is C25H26ClN3O4S. The third-order valence-electron chi connectivity index (χ3n) is 5.19. The van der Waals surface area contributed by atoms with E-state index >= 15 is 0 Å². The highest BCUT2D eigenvalue weighted by Gasteiger charge is 2.23. The summed E-state index contributed by atoms with van der Waals surface area (Å²) in [5.74, 6) is -0.933. The van der Waals surface area contributed by atoms with E-state index in [1.54, 1.807) is 48.5 Å². The van der Waals surface area contributed by atoms with Gasteiger partial charge in [0, 0.05) is 11.6 Å². The fraction of sp³-hybridized carbons (Fsp3) is 0.200. The Hall–Kier alpha value is -3.20. The van der Waals surface area contributed by atoms with Crippen LogP contribution in [0.25, 0.3) is 0 Å². The Morgan fingerprint density at radius 2 is 1.56 bits per heavy atom. The third kappa shape index (κ3) is 6.90. The predicted molar refractivity (Wildman–Crippen MR) is 134 cm³/mol. The average molecular weight is 500 g/mol. The lowest BCUT2D eigenvalue weighted by molar-refractivity contribution is -0.116. The number of hydrogen-bond donors (Lipinski definition) is 2. The summed E-state index contributed by atoms with van der Waals surface area (Å²) in [4.78, 5) is 25.7. The molecule has 3 aromatic rings. The first-order valence-electron chi connectivity index (χ1n) is 10.6. The summed E-state index contributed by atoms with van der Waals surface area (Å²) in [6, 6.07) is 22.7. The molecule has 3 aromatic carbocycles. The van der Waals surface area contributed by atoms with Gasteiger partial charge in [0.2, 0.25) is 15.9 Å². The first-order chi connectivity index (χ1) is 16.1. The van der Waals surface area contributed by atoms with Crippen LogP contribution in [0.15, 0.2) is 78.9 Å². The molecule has 0 aliphatic rings. The minimum atomic E-state index is -3.71. The first-order valence-corrected chi connectivity index (χ1v) is 12.8. The number of amides is 2. The molecule has 0 saturated heterocycles. The minimum absolute atomic E-state index is 0.0529. The maximum absolute atomic E-state index is 12.9. The van der Waals surface area contributed by atoms with Gasteiger partial charge in [0.25, 0.3) is 5.91 Å². The zero-order valence-electron chi connectivity index (χ0n) is 18.9. The molecule has 34 heavy (non-hydrogen) atoms. The smallest absolute Gasteiger partial charge is 0.253 e. The number of sulfonamides is 1. The van der Waals surface area contributed by atoms with Crippen molar-refractivity contribution in [1.82, 2.24) is 9.62 Å². The van der Waals surface area contributed by atoms with Crippen LogP contribution in [0.3, 0.4) is 0 Å². The summed E-state index contributed by atoms with van der Waals surface area (Å²) in [7, 11) is -3.71. The SMILES string of the molecule is C[C@H](NC(=O)c1ccccc1NC(=O)CN(Cc1ccccc1Cl)S(C)(=O)=O)c1ccccc1. The number of rotatable bonds is 9. The Bertz CT molecular complexity index is 1270. The molecule has 2 N–H and O–H groups in total. The number of para-hydroxylation sites is 1. The van der Waals surface area contributed by atoms with E-state index in [0.29, 0.717) is 10.6 Å². The van der Waals surface area contributed by atoms with E-state index in [0.717, 1.165) is 16.1 Å². The van der Waals surface area contributed by atoms with Crippen molar-refractivity contribution in [1.29, 1.82) is 0 Å². The van der Waals surface area contributed by atoms with Gasteiger partial charge in [-0.25, -0.2) is 8.42 Å². The molecule has 0 bridgehead atoms. The van der Waals surface area contributed by atoms with Crippen molar-refractivity contribution in [2.24, 2.45) is 0 Å². The second-order valence-electron chi connectivity index (χ2n) is 7.82. The Kier molecular flexibility index (Phi) is 8.44. The fourth-order valence-electron chi connectivity index (χ4n) is 3.35. The lowest BCUT2D eigenvalue weighted by Crippen LogP contribution is -2.37. The van der Waals surface area contributed by atoms with E-state index in [1.165, 1.54) is 0 Å². The Labute approximate surface area is 204 Å². The minimum Gasteiger partial charge on any atom is -0.345 e. The normalized spacial score (nSPS) is 12.2. The van der Waals surface area contributed by atoms with Crippen molar-refractivity contribution in [3.63, 3.8) is 0 Å². The Morgan fingerprint density at radius 1 is 0.941 bits per heavy atom. The van der Waals surface area contributed by atoms with Crippen molar-refractivity contribution < 1.29 is 18.0 Å². The van der Waals surface area contributed by atoms with Crippen LogP contribution in [0.2, 0.25) is 5.02 Å². The van der Waals surface area contributed by atoms with Gasteiger partial charge in [-0.3, -0.25) is 9.59 Å². The molecule has 7 nitrogen and oxygen atoms in total. The Balaban J connectivity index is 1.73. The van der Waals surface area contributed by atoms with Crippen molar-refractivity contribution >= 4 is 39.1 Å². The predicted octanol–water partition coefficient (Wildman–Crippen LogP) is 4.23. The summed E-state index contributed by atoms with van der Waals surface area (Å²) >= 11 is 6.16. The van der Waals surface area contributed by atoms with Gasteiger partial charge >= 0.3 is 0 Å². The molecular weight excluding hydrogens is 474 g/mol. The fourth-order valence-corrected chi connectivity index (χ4v) is 4.27. The highest BCUT2D eigenvalue weighted by molar-refractivity contribution is 7.88.